The second-order valence-corrected chi connectivity index (χ2v) is 5.10. The molecule has 0 aliphatic carbocycles. The molecule has 0 fully saturated rings. The van der Waals surface area contributed by atoms with Crippen molar-refractivity contribution in [1.82, 2.24) is 4.98 Å². The van der Waals surface area contributed by atoms with Crippen LogP contribution in [0.1, 0.15) is 10.6 Å². The number of benzene rings is 2. The second-order valence-electron chi connectivity index (χ2n) is 4.07. The molecule has 0 atom stereocenters. The van der Waals surface area contributed by atoms with Crippen LogP contribution in [0.5, 0.6) is 0 Å². The molecular weight excluding hydrogens is 252 g/mol. The number of fused-ring (bicyclic) bond motifs is 1. The van der Waals surface area contributed by atoms with Crippen LogP contribution in [0.4, 0.5) is 0 Å². The number of thiazole rings is 1. The molecule has 1 heterocycles. The Balaban J connectivity index is 2.08. The molecule has 0 saturated heterocycles. The zero-order valence-corrected chi connectivity index (χ0v) is 10.9. The summed E-state index contributed by atoms with van der Waals surface area (Å²) >= 11 is 1.55. The lowest BCUT2D eigenvalue weighted by molar-refractivity contribution is 1.44. The van der Waals surface area contributed by atoms with Crippen LogP contribution >= 0.6 is 11.3 Å². The SMILES string of the molecule is N#C/C(=C/c1ccccc1)c1nc2ccccc2s1. The zero-order chi connectivity index (χ0) is 13.1. The minimum Gasteiger partial charge on any atom is -0.235 e. The predicted octanol–water partition coefficient (Wildman–Crippen LogP) is 4.36. The van der Waals surface area contributed by atoms with Crippen molar-refractivity contribution in [3.8, 4) is 6.07 Å². The van der Waals surface area contributed by atoms with Gasteiger partial charge in [-0.2, -0.15) is 5.26 Å². The normalized spacial score (nSPS) is 11.4. The summed E-state index contributed by atoms with van der Waals surface area (Å²) < 4.78 is 1.10. The van der Waals surface area contributed by atoms with Gasteiger partial charge in [-0.15, -0.1) is 11.3 Å². The van der Waals surface area contributed by atoms with E-state index in [0.717, 1.165) is 20.8 Å². The minimum absolute atomic E-state index is 0.604. The fourth-order valence-corrected chi connectivity index (χ4v) is 2.78. The molecule has 3 aromatic rings. The van der Waals surface area contributed by atoms with Gasteiger partial charge >= 0.3 is 0 Å². The van der Waals surface area contributed by atoms with Crippen LogP contribution in [0.2, 0.25) is 0 Å². The highest BCUT2D eigenvalue weighted by Crippen LogP contribution is 2.27. The van der Waals surface area contributed by atoms with Gasteiger partial charge in [-0.1, -0.05) is 42.5 Å². The zero-order valence-electron chi connectivity index (χ0n) is 10.1. The van der Waals surface area contributed by atoms with E-state index in [1.165, 1.54) is 0 Å². The summed E-state index contributed by atoms with van der Waals surface area (Å²) in [7, 11) is 0. The Labute approximate surface area is 115 Å². The molecule has 90 valence electrons. The minimum atomic E-state index is 0.604. The largest absolute Gasteiger partial charge is 0.235 e. The van der Waals surface area contributed by atoms with E-state index in [1.807, 2.05) is 60.7 Å². The Kier molecular flexibility index (Phi) is 3.09. The number of allylic oxidation sites excluding steroid dienone is 1. The maximum absolute atomic E-state index is 9.31. The molecular formula is C16H10N2S. The first-order valence-electron chi connectivity index (χ1n) is 5.89. The summed E-state index contributed by atoms with van der Waals surface area (Å²) in [4.78, 5) is 4.51. The van der Waals surface area contributed by atoms with Crippen molar-refractivity contribution >= 4 is 33.2 Å². The molecule has 0 unspecified atom stereocenters. The van der Waals surface area contributed by atoms with E-state index in [0.29, 0.717) is 5.57 Å². The van der Waals surface area contributed by atoms with Gasteiger partial charge in [0.15, 0.2) is 0 Å². The van der Waals surface area contributed by atoms with Crippen LogP contribution in [0.25, 0.3) is 21.9 Å². The monoisotopic (exact) mass is 262 g/mol. The molecule has 0 radical (unpaired) electrons. The smallest absolute Gasteiger partial charge is 0.135 e. The standard InChI is InChI=1S/C16H10N2S/c17-11-13(10-12-6-2-1-3-7-12)16-18-14-8-4-5-9-15(14)19-16/h1-10H/b13-10-. The molecule has 0 saturated carbocycles. The highest BCUT2D eigenvalue weighted by atomic mass is 32.1. The number of aromatic nitrogens is 1. The van der Waals surface area contributed by atoms with E-state index in [-0.39, 0.29) is 0 Å². The van der Waals surface area contributed by atoms with Gasteiger partial charge in [0, 0.05) is 0 Å². The van der Waals surface area contributed by atoms with Gasteiger partial charge in [-0.3, -0.25) is 0 Å². The van der Waals surface area contributed by atoms with Crippen molar-refractivity contribution < 1.29 is 0 Å². The molecule has 0 spiro atoms. The molecule has 0 bridgehead atoms. The van der Waals surface area contributed by atoms with E-state index in [1.54, 1.807) is 11.3 Å². The summed E-state index contributed by atoms with van der Waals surface area (Å²) in [6.45, 7) is 0. The summed E-state index contributed by atoms with van der Waals surface area (Å²) in [6, 6.07) is 20.0. The fraction of sp³-hybridized carbons (Fsp3) is 0. The summed E-state index contributed by atoms with van der Waals surface area (Å²) in [5.41, 5.74) is 2.56. The maximum Gasteiger partial charge on any atom is 0.135 e. The average Bonchev–Trinajstić information content (AvgIpc) is 2.89. The van der Waals surface area contributed by atoms with Crippen LogP contribution in [-0.4, -0.2) is 4.98 Å². The molecule has 3 rings (SSSR count). The van der Waals surface area contributed by atoms with E-state index < -0.39 is 0 Å². The second kappa shape index (κ2) is 5.05. The van der Waals surface area contributed by atoms with Crippen molar-refractivity contribution in [3.63, 3.8) is 0 Å². The molecule has 2 nitrogen and oxygen atoms in total. The molecule has 1 aromatic heterocycles. The van der Waals surface area contributed by atoms with Gasteiger partial charge in [0.05, 0.1) is 15.8 Å². The topological polar surface area (TPSA) is 36.7 Å². The van der Waals surface area contributed by atoms with Crippen LogP contribution in [0, 0.1) is 11.3 Å². The van der Waals surface area contributed by atoms with Crippen LogP contribution in [-0.2, 0) is 0 Å². The average molecular weight is 262 g/mol. The van der Waals surface area contributed by atoms with Gasteiger partial charge in [0.1, 0.15) is 11.1 Å². The van der Waals surface area contributed by atoms with Crippen molar-refractivity contribution in [2.45, 2.75) is 0 Å². The third-order valence-corrected chi connectivity index (χ3v) is 3.83. The summed E-state index contributed by atoms with van der Waals surface area (Å²) in [5.74, 6) is 0. The number of nitrogens with zero attached hydrogens (tertiary/aromatic N) is 2. The van der Waals surface area contributed by atoms with Crippen molar-refractivity contribution in [3.05, 3.63) is 65.2 Å². The van der Waals surface area contributed by atoms with E-state index >= 15 is 0 Å². The number of hydrogen-bond donors (Lipinski definition) is 0. The Morgan fingerprint density at radius 1 is 1.05 bits per heavy atom. The lowest BCUT2D eigenvalue weighted by atomic mass is 10.1. The molecule has 3 heteroatoms. The van der Waals surface area contributed by atoms with E-state index in [4.69, 9.17) is 0 Å². The van der Waals surface area contributed by atoms with Crippen LogP contribution in [0.15, 0.2) is 54.6 Å². The van der Waals surface area contributed by atoms with Crippen molar-refractivity contribution in [1.29, 1.82) is 5.26 Å². The van der Waals surface area contributed by atoms with Crippen LogP contribution in [0.3, 0.4) is 0 Å². The third-order valence-electron chi connectivity index (χ3n) is 2.76. The molecule has 0 aliphatic heterocycles. The van der Waals surface area contributed by atoms with E-state index in [2.05, 4.69) is 11.1 Å². The lowest BCUT2D eigenvalue weighted by Crippen LogP contribution is -1.80. The van der Waals surface area contributed by atoms with Gasteiger partial charge in [0.25, 0.3) is 0 Å². The first-order valence-corrected chi connectivity index (χ1v) is 6.71. The molecule has 0 N–H and O–H groups in total. The van der Waals surface area contributed by atoms with Gasteiger partial charge in [-0.05, 0) is 23.8 Å². The maximum atomic E-state index is 9.31. The van der Waals surface area contributed by atoms with Gasteiger partial charge in [0.2, 0.25) is 0 Å². The number of nitriles is 1. The summed E-state index contributed by atoms with van der Waals surface area (Å²) in [6.07, 6.45) is 1.87. The number of para-hydroxylation sites is 1. The molecule has 0 amide bonds. The third kappa shape index (κ3) is 2.40. The molecule has 2 aromatic carbocycles. The predicted molar refractivity (Wildman–Crippen MR) is 79.5 cm³/mol. The first-order chi connectivity index (χ1) is 9.36. The van der Waals surface area contributed by atoms with Crippen molar-refractivity contribution in [2.75, 3.05) is 0 Å². The molecule has 0 aliphatic rings. The number of hydrogen-bond acceptors (Lipinski definition) is 3. The molecule has 19 heavy (non-hydrogen) atoms. The van der Waals surface area contributed by atoms with Gasteiger partial charge < -0.3 is 0 Å². The quantitative estimate of drug-likeness (QED) is 0.643. The fourth-order valence-electron chi connectivity index (χ4n) is 1.85. The summed E-state index contributed by atoms with van der Waals surface area (Å²) in [5, 5.41) is 10.1. The van der Waals surface area contributed by atoms with Gasteiger partial charge in [-0.25, -0.2) is 4.98 Å². The Bertz CT molecular complexity index is 746. The van der Waals surface area contributed by atoms with Crippen LogP contribution < -0.4 is 0 Å². The highest BCUT2D eigenvalue weighted by Gasteiger charge is 2.08. The number of rotatable bonds is 2. The van der Waals surface area contributed by atoms with Crippen molar-refractivity contribution in [2.24, 2.45) is 0 Å². The Morgan fingerprint density at radius 3 is 2.53 bits per heavy atom. The Hall–Kier alpha value is -2.44. The van der Waals surface area contributed by atoms with E-state index in [9.17, 15) is 5.26 Å². The highest BCUT2D eigenvalue weighted by molar-refractivity contribution is 7.19. The Morgan fingerprint density at radius 2 is 1.79 bits per heavy atom. The lowest BCUT2D eigenvalue weighted by Gasteiger charge is -1.94. The first kappa shape index (κ1) is 11.6.